The summed E-state index contributed by atoms with van der Waals surface area (Å²) in [6.45, 7) is 2.97. The van der Waals surface area contributed by atoms with Gasteiger partial charge < -0.3 is 19.4 Å². The first-order chi connectivity index (χ1) is 17.3. The molecule has 0 saturated carbocycles. The van der Waals surface area contributed by atoms with Crippen LogP contribution in [0, 0.1) is 11.6 Å². The van der Waals surface area contributed by atoms with Crippen LogP contribution in [0.3, 0.4) is 0 Å². The summed E-state index contributed by atoms with van der Waals surface area (Å²) < 4.78 is 36.6. The Kier molecular flexibility index (Phi) is 7.95. The Morgan fingerprint density at radius 3 is 2.53 bits per heavy atom. The molecule has 1 aliphatic rings. The molecule has 36 heavy (non-hydrogen) atoms. The van der Waals surface area contributed by atoms with Crippen molar-refractivity contribution < 1.29 is 23.1 Å². The van der Waals surface area contributed by atoms with Crippen LogP contribution in [0.1, 0.15) is 16.8 Å². The van der Waals surface area contributed by atoms with E-state index in [9.17, 15) is 14.0 Å². The standard InChI is InChI=1S/C25H26ClF2N5O3/c1-31(2)7-4-12-36-25-29-23-17(24(30-25)33-10-8-32(15-35)9-11-33)13-18(26)21(22(23)28)20-16(14-34)5-3-6-19(20)27/h3,5-6,13-15H,4,7-12H2,1-2H3. The molecule has 8 nitrogen and oxygen atoms in total. The van der Waals surface area contributed by atoms with Crippen molar-refractivity contribution in [2.45, 2.75) is 6.42 Å². The maximum absolute atomic E-state index is 16.1. The Hall–Kier alpha value is -3.37. The van der Waals surface area contributed by atoms with E-state index in [-0.39, 0.29) is 33.2 Å². The zero-order valence-corrected chi connectivity index (χ0v) is 20.8. The van der Waals surface area contributed by atoms with E-state index in [1.54, 1.807) is 4.90 Å². The first-order valence-corrected chi connectivity index (χ1v) is 11.9. The molecule has 0 bridgehead atoms. The molecule has 0 aliphatic carbocycles. The van der Waals surface area contributed by atoms with E-state index in [1.165, 1.54) is 18.2 Å². The fourth-order valence-electron chi connectivity index (χ4n) is 4.18. The second-order valence-corrected chi connectivity index (χ2v) is 9.14. The number of hydrogen-bond acceptors (Lipinski definition) is 7. The maximum atomic E-state index is 16.1. The van der Waals surface area contributed by atoms with E-state index in [1.807, 2.05) is 23.9 Å². The van der Waals surface area contributed by atoms with Crippen LogP contribution in [-0.4, -0.2) is 85.9 Å². The number of fused-ring (bicyclic) bond motifs is 1. The van der Waals surface area contributed by atoms with Crippen molar-refractivity contribution in [3.8, 4) is 17.1 Å². The van der Waals surface area contributed by atoms with Crippen LogP contribution >= 0.6 is 11.6 Å². The molecule has 0 spiro atoms. The molecule has 1 aliphatic heterocycles. The average molecular weight is 518 g/mol. The first-order valence-electron chi connectivity index (χ1n) is 11.5. The molecule has 1 aromatic heterocycles. The fourth-order valence-corrected chi connectivity index (χ4v) is 4.47. The summed E-state index contributed by atoms with van der Waals surface area (Å²) in [7, 11) is 3.89. The highest BCUT2D eigenvalue weighted by Crippen LogP contribution is 2.40. The van der Waals surface area contributed by atoms with E-state index >= 15 is 4.39 Å². The lowest BCUT2D eigenvalue weighted by molar-refractivity contribution is -0.118. The van der Waals surface area contributed by atoms with Gasteiger partial charge in [-0.1, -0.05) is 23.7 Å². The van der Waals surface area contributed by atoms with Gasteiger partial charge in [-0.25, -0.2) is 8.78 Å². The number of halogens is 3. The van der Waals surface area contributed by atoms with Crippen LogP contribution in [0.4, 0.5) is 14.6 Å². The van der Waals surface area contributed by atoms with Gasteiger partial charge in [-0.2, -0.15) is 9.97 Å². The lowest BCUT2D eigenvalue weighted by atomic mass is 9.97. The number of nitrogens with zero attached hydrogens (tertiary/aromatic N) is 5. The lowest BCUT2D eigenvalue weighted by Gasteiger charge is -2.34. The molecule has 11 heteroatoms. The molecule has 1 saturated heterocycles. The van der Waals surface area contributed by atoms with Crippen molar-refractivity contribution in [2.24, 2.45) is 0 Å². The molecule has 2 aromatic carbocycles. The number of hydrogen-bond donors (Lipinski definition) is 0. The first kappa shape index (κ1) is 25.7. The SMILES string of the molecule is CN(C)CCCOc1nc(N2CCN(C=O)CC2)c2cc(Cl)c(-c3c(F)cccc3C=O)c(F)c2n1. The number of rotatable bonds is 9. The van der Waals surface area contributed by atoms with Crippen LogP contribution in [-0.2, 0) is 4.79 Å². The second-order valence-electron chi connectivity index (χ2n) is 8.73. The minimum absolute atomic E-state index is 0.0228. The Bertz CT molecular complexity index is 1280. The highest BCUT2D eigenvalue weighted by Gasteiger charge is 2.26. The number of amides is 1. The highest BCUT2D eigenvalue weighted by atomic mass is 35.5. The summed E-state index contributed by atoms with van der Waals surface area (Å²) in [6.07, 6.45) is 1.94. The van der Waals surface area contributed by atoms with Crippen LogP contribution in [0.5, 0.6) is 6.01 Å². The largest absolute Gasteiger partial charge is 0.463 e. The average Bonchev–Trinajstić information content (AvgIpc) is 2.87. The monoisotopic (exact) mass is 517 g/mol. The molecular weight excluding hydrogens is 492 g/mol. The van der Waals surface area contributed by atoms with Crippen LogP contribution < -0.4 is 9.64 Å². The van der Waals surface area contributed by atoms with Gasteiger partial charge in [-0.05, 0) is 32.6 Å². The van der Waals surface area contributed by atoms with Crippen molar-refractivity contribution in [3.63, 3.8) is 0 Å². The van der Waals surface area contributed by atoms with Gasteiger partial charge in [-0.15, -0.1) is 0 Å². The third kappa shape index (κ3) is 5.24. The Labute approximate surface area is 212 Å². The van der Waals surface area contributed by atoms with Crippen LogP contribution in [0.2, 0.25) is 5.02 Å². The normalized spacial score (nSPS) is 13.9. The molecular formula is C25H26ClF2N5O3. The number of benzene rings is 2. The van der Waals surface area contributed by atoms with Gasteiger partial charge in [0.2, 0.25) is 6.41 Å². The van der Waals surface area contributed by atoms with Gasteiger partial charge in [-0.3, -0.25) is 9.59 Å². The number of carbonyl (C=O) groups is 2. The van der Waals surface area contributed by atoms with E-state index in [4.69, 9.17) is 16.3 Å². The van der Waals surface area contributed by atoms with Crippen molar-refractivity contribution in [1.29, 1.82) is 0 Å². The number of aldehydes is 1. The molecule has 0 unspecified atom stereocenters. The number of aromatic nitrogens is 2. The quantitative estimate of drug-likeness (QED) is 0.317. The lowest BCUT2D eigenvalue weighted by Crippen LogP contribution is -2.46. The Balaban J connectivity index is 1.85. The topological polar surface area (TPSA) is 78.9 Å². The van der Waals surface area contributed by atoms with Gasteiger partial charge >= 0.3 is 6.01 Å². The minimum atomic E-state index is -0.876. The summed E-state index contributed by atoms with van der Waals surface area (Å²) in [5.41, 5.74) is -0.613. The van der Waals surface area contributed by atoms with Gasteiger partial charge in [0.05, 0.1) is 11.6 Å². The van der Waals surface area contributed by atoms with Crippen molar-refractivity contribution in [1.82, 2.24) is 19.8 Å². The third-order valence-corrected chi connectivity index (χ3v) is 6.31. The van der Waals surface area contributed by atoms with Crippen LogP contribution in [0.15, 0.2) is 24.3 Å². The number of piperazine rings is 1. The smallest absolute Gasteiger partial charge is 0.319 e. The molecule has 0 atom stereocenters. The summed E-state index contributed by atoms with van der Waals surface area (Å²) >= 11 is 6.49. The van der Waals surface area contributed by atoms with Gasteiger partial charge in [0.1, 0.15) is 17.2 Å². The summed E-state index contributed by atoms with van der Waals surface area (Å²) in [5.74, 6) is -1.25. The Morgan fingerprint density at radius 1 is 1.11 bits per heavy atom. The van der Waals surface area contributed by atoms with E-state index in [0.717, 1.165) is 19.0 Å². The molecule has 3 aromatic rings. The van der Waals surface area contributed by atoms with E-state index in [0.29, 0.717) is 56.7 Å². The van der Waals surface area contributed by atoms with E-state index < -0.39 is 11.6 Å². The van der Waals surface area contributed by atoms with Crippen LogP contribution in [0.25, 0.3) is 22.0 Å². The summed E-state index contributed by atoms with van der Waals surface area (Å²) in [5, 5.41) is 0.245. The fraction of sp³-hybridized carbons (Fsp3) is 0.360. The molecule has 1 amide bonds. The molecule has 0 radical (unpaired) electrons. The zero-order chi connectivity index (χ0) is 25.8. The second kappa shape index (κ2) is 11.1. The Morgan fingerprint density at radius 2 is 1.86 bits per heavy atom. The highest BCUT2D eigenvalue weighted by molar-refractivity contribution is 6.34. The predicted octanol–water partition coefficient (Wildman–Crippen LogP) is 3.65. The molecule has 4 rings (SSSR count). The molecule has 190 valence electrons. The summed E-state index contributed by atoms with van der Waals surface area (Å²) in [6, 6.07) is 5.36. The summed E-state index contributed by atoms with van der Waals surface area (Å²) in [4.78, 5) is 37.1. The molecule has 2 heterocycles. The van der Waals surface area contributed by atoms with Crippen molar-refractivity contribution >= 4 is 41.0 Å². The van der Waals surface area contributed by atoms with Crippen molar-refractivity contribution in [3.05, 3.63) is 46.5 Å². The zero-order valence-electron chi connectivity index (χ0n) is 20.0. The van der Waals surface area contributed by atoms with Gasteiger partial charge in [0.25, 0.3) is 0 Å². The molecule has 1 fully saturated rings. The third-order valence-electron chi connectivity index (χ3n) is 6.01. The number of ether oxygens (including phenoxy) is 1. The van der Waals surface area contributed by atoms with Gasteiger partial charge in [0, 0.05) is 54.8 Å². The van der Waals surface area contributed by atoms with E-state index in [2.05, 4.69) is 9.97 Å². The number of anilines is 1. The minimum Gasteiger partial charge on any atom is -0.463 e. The number of carbonyl (C=O) groups excluding carboxylic acids is 2. The predicted molar refractivity (Wildman–Crippen MR) is 134 cm³/mol. The van der Waals surface area contributed by atoms with Gasteiger partial charge in [0.15, 0.2) is 12.1 Å². The molecule has 0 N–H and O–H groups in total. The maximum Gasteiger partial charge on any atom is 0.319 e. The van der Waals surface area contributed by atoms with Crippen molar-refractivity contribution in [2.75, 3.05) is 58.3 Å².